The third-order valence-corrected chi connectivity index (χ3v) is 2.70. The predicted octanol–water partition coefficient (Wildman–Crippen LogP) is -0.453. The fraction of sp³-hybridized carbons (Fsp3) is 0.462. The lowest BCUT2D eigenvalue weighted by Crippen LogP contribution is -2.43. The molecule has 1 aromatic rings. The Hall–Kier alpha value is -1.43. The molecular weight excluding hydrogens is 232 g/mol. The van der Waals surface area contributed by atoms with Gasteiger partial charge in [-0.15, -0.1) is 0 Å². The maximum absolute atomic E-state index is 11.7. The minimum Gasteiger partial charge on any atom is -0.393 e. The zero-order valence-corrected chi connectivity index (χ0v) is 10.5. The van der Waals surface area contributed by atoms with Crippen molar-refractivity contribution in [1.82, 2.24) is 5.32 Å². The van der Waals surface area contributed by atoms with Crippen molar-refractivity contribution in [3.05, 3.63) is 35.4 Å². The summed E-state index contributed by atoms with van der Waals surface area (Å²) in [6.07, 6.45) is 0.217. The molecule has 1 rings (SSSR count). The van der Waals surface area contributed by atoms with E-state index in [0.29, 0.717) is 6.54 Å². The van der Waals surface area contributed by atoms with E-state index in [4.69, 9.17) is 10.8 Å². The lowest BCUT2D eigenvalue weighted by atomic mass is 10.0. The normalized spacial score (nSPS) is 14.0. The summed E-state index contributed by atoms with van der Waals surface area (Å²) in [5.74, 6) is -0.204. The molecule has 0 saturated carbocycles. The van der Waals surface area contributed by atoms with Crippen LogP contribution in [0.25, 0.3) is 0 Å². The van der Waals surface area contributed by atoms with Gasteiger partial charge in [0.25, 0.3) is 0 Å². The minimum atomic E-state index is -1.29. The highest BCUT2D eigenvalue weighted by Crippen LogP contribution is 2.08. The van der Waals surface area contributed by atoms with Crippen LogP contribution in [-0.4, -0.2) is 34.9 Å². The molecule has 0 aromatic heterocycles. The summed E-state index contributed by atoms with van der Waals surface area (Å²) in [7, 11) is 0. The number of hydrogen-bond acceptors (Lipinski definition) is 4. The van der Waals surface area contributed by atoms with Crippen LogP contribution in [0.5, 0.6) is 0 Å². The number of nitrogens with two attached hydrogens (primary N) is 1. The van der Waals surface area contributed by atoms with Gasteiger partial charge in [0.05, 0.1) is 13.0 Å². The number of nitrogens with one attached hydrogen (secondary N) is 1. The first kappa shape index (κ1) is 14.6. The van der Waals surface area contributed by atoms with Gasteiger partial charge in [0.2, 0.25) is 5.91 Å². The summed E-state index contributed by atoms with van der Waals surface area (Å²) in [5.41, 5.74) is 6.11. The molecular formula is C13H20N2O3. The van der Waals surface area contributed by atoms with E-state index in [1.165, 1.54) is 6.92 Å². The molecule has 0 fully saturated rings. The van der Waals surface area contributed by atoms with E-state index in [-0.39, 0.29) is 18.9 Å². The van der Waals surface area contributed by atoms with E-state index in [0.717, 1.165) is 11.1 Å². The number of benzene rings is 1. The summed E-state index contributed by atoms with van der Waals surface area (Å²) in [4.78, 5) is 11.7. The summed E-state index contributed by atoms with van der Waals surface area (Å²) >= 11 is 0. The van der Waals surface area contributed by atoms with Gasteiger partial charge in [-0.25, -0.2) is 0 Å². The summed E-state index contributed by atoms with van der Waals surface area (Å²) < 4.78 is 0. The fourth-order valence-corrected chi connectivity index (χ4v) is 1.51. The van der Waals surface area contributed by atoms with E-state index < -0.39 is 12.2 Å². The van der Waals surface area contributed by atoms with Crippen LogP contribution in [-0.2, 0) is 17.8 Å². The number of aliphatic hydroxyl groups is 2. The highest BCUT2D eigenvalue weighted by molar-refractivity contribution is 5.79. The first-order valence-electron chi connectivity index (χ1n) is 5.85. The lowest BCUT2D eigenvalue weighted by Gasteiger charge is -2.20. The highest BCUT2D eigenvalue weighted by Gasteiger charge is 2.19. The van der Waals surface area contributed by atoms with Gasteiger partial charge >= 0.3 is 0 Å². The van der Waals surface area contributed by atoms with E-state index in [1.54, 1.807) is 0 Å². The van der Waals surface area contributed by atoms with Crippen LogP contribution >= 0.6 is 0 Å². The largest absolute Gasteiger partial charge is 0.393 e. The van der Waals surface area contributed by atoms with Gasteiger partial charge in [-0.2, -0.15) is 0 Å². The topological polar surface area (TPSA) is 95.6 Å². The van der Waals surface area contributed by atoms with Gasteiger partial charge in [-0.05, 0) is 18.1 Å². The van der Waals surface area contributed by atoms with Gasteiger partial charge < -0.3 is 21.3 Å². The summed E-state index contributed by atoms with van der Waals surface area (Å²) in [6.45, 7) is 1.47. The van der Waals surface area contributed by atoms with Crippen molar-refractivity contribution in [1.29, 1.82) is 0 Å². The molecule has 0 heterocycles. The van der Waals surface area contributed by atoms with Crippen molar-refractivity contribution in [2.75, 3.05) is 13.2 Å². The van der Waals surface area contributed by atoms with Crippen molar-refractivity contribution < 1.29 is 15.0 Å². The van der Waals surface area contributed by atoms with Crippen LogP contribution < -0.4 is 11.1 Å². The maximum atomic E-state index is 11.7. The van der Waals surface area contributed by atoms with Gasteiger partial charge in [0.15, 0.2) is 0 Å². The Kier molecular flexibility index (Phi) is 5.27. The smallest absolute Gasteiger partial charge is 0.224 e. The maximum Gasteiger partial charge on any atom is 0.224 e. The number of amides is 1. The number of hydrogen-bond donors (Lipinski definition) is 4. The van der Waals surface area contributed by atoms with Crippen LogP contribution in [0, 0.1) is 0 Å². The summed E-state index contributed by atoms with van der Waals surface area (Å²) in [5, 5.41) is 21.0. The quantitative estimate of drug-likeness (QED) is 0.551. The number of rotatable bonds is 6. The molecule has 5 N–H and O–H groups in total. The van der Waals surface area contributed by atoms with Crippen molar-refractivity contribution in [2.24, 2.45) is 5.73 Å². The lowest BCUT2D eigenvalue weighted by molar-refractivity contribution is -0.121. The molecule has 5 heteroatoms. The molecule has 0 aliphatic rings. The molecule has 18 heavy (non-hydrogen) atoms. The molecule has 1 unspecified atom stereocenters. The molecule has 1 amide bonds. The van der Waals surface area contributed by atoms with E-state index in [1.807, 2.05) is 24.3 Å². The summed E-state index contributed by atoms with van der Waals surface area (Å²) in [6, 6.07) is 7.46. The minimum absolute atomic E-state index is 0.0210. The van der Waals surface area contributed by atoms with Crippen LogP contribution in [0.4, 0.5) is 0 Å². The van der Waals surface area contributed by atoms with Crippen LogP contribution in [0.15, 0.2) is 24.3 Å². The van der Waals surface area contributed by atoms with Crippen molar-refractivity contribution in [2.45, 2.75) is 25.5 Å². The third kappa shape index (κ3) is 4.44. The van der Waals surface area contributed by atoms with Gasteiger partial charge in [0.1, 0.15) is 5.60 Å². The number of carbonyl (C=O) groups excluding carboxylic acids is 1. The average Bonchev–Trinajstić information content (AvgIpc) is 2.37. The first-order chi connectivity index (χ1) is 8.48. The highest BCUT2D eigenvalue weighted by atomic mass is 16.3. The zero-order valence-electron chi connectivity index (χ0n) is 10.5. The number of carbonyl (C=O) groups is 1. The van der Waals surface area contributed by atoms with E-state index >= 15 is 0 Å². The second kappa shape index (κ2) is 6.49. The molecule has 0 radical (unpaired) electrons. The monoisotopic (exact) mass is 252 g/mol. The Bertz CT molecular complexity index is 405. The van der Waals surface area contributed by atoms with Crippen LogP contribution in [0.1, 0.15) is 18.1 Å². The molecule has 0 aliphatic carbocycles. The zero-order chi connectivity index (χ0) is 13.6. The molecule has 0 bridgehead atoms. The van der Waals surface area contributed by atoms with E-state index in [2.05, 4.69) is 5.32 Å². The van der Waals surface area contributed by atoms with Gasteiger partial charge in [0, 0.05) is 13.1 Å². The Balaban J connectivity index is 2.55. The predicted molar refractivity (Wildman–Crippen MR) is 68.8 cm³/mol. The molecule has 0 aliphatic heterocycles. The Morgan fingerprint density at radius 2 is 2.00 bits per heavy atom. The fourth-order valence-electron chi connectivity index (χ4n) is 1.51. The number of aliphatic hydroxyl groups excluding tert-OH is 1. The van der Waals surface area contributed by atoms with Gasteiger partial charge in [-0.1, -0.05) is 24.3 Å². The third-order valence-electron chi connectivity index (χ3n) is 2.70. The van der Waals surface area contributed by atoms with Crippen LogP contribution in [0.3, 0.4) is 0 Å². The van der Waals surface area contributed by atoms with Crippen LogP contribution in [0.2, 0.25) is 0 Å². The Morgan fingerprint density at radius 1 is 1.39 bits per heavy atom. The standard InChI is InChI=1S/C13H20N2O3/c1-13(18,9-16)8-15-12(17)6-10-4-2-3-5-11(10)7-14/h2-5,16,18H,6-9,14H2,1H3,(H,15,17). The molecule has 5 nitrogen and oxygen atoms in total. The van der Waals surface area contributed by atoms with Crippen molar-refractivity contribution >= 4 is 5.91 Å². The molecule has 100 valence electrons. The van der Waals surface area contributed by atoms with Crippen molar-refractivity contribution in [3.8, 4) is 0 Å². The Morgan fingerprint density at radius 3 is 2.56 bits per heavy atom. The molecule has 0 spiro atoms. The molecule has 1 atom stereocenters. The van der Waals surface area contributed by atoms with Crippen molar-refractivity contribution in [3.63, 3.8) is 0 Å². The average molecular weight is 252 g/mol. The first-order valence-corrected chi connectivity index (χ1v) is 5.85. The SMILES string of the molecule is CC(O)(CO)CNC(=O)Cc1ccccc1CN. The second-order valence-corrected chi connectivity index (χ2v) is 4.58. The molecule has 0 saturated heterocycles. The van der Waals surface area contributed by atoms with Gasteiger partial charge in [-0.3, -0.25) is 4.79 Å². The Labute approximate surface area is 107 Å². The second-order valence-electron chi connectivity index (χ2n) is 4.58. The molecule has 1 aromatic carbocycles. The van der Waals surface area contributed by atoms with E-state index in [9.17, 15) is 9.90 Å².